The number of allylic oxidation sites excluding steroid dienone is 1. The zero-order valence-electron chi connectivity index (χ0n) is 18.5. The number of amides is 1. The first-order valence-corrected chi connectivity index (χ1v) is 11.6. The predicted octanol–water partition coefficient (Wildman–Crippen LogP) is 5.26. The lowest BCUT2D eigenvalue weighted by atomic mass is 9.78. The molecule has 8 heteroatoms. The molecule has 1 aromatic carbocycles. The number of aliphatic imine (C=N–C) groups is 1. The minimum atomic E-state index is -1.46. The van der Waals surface area contributed by atoms with Gasteiger partial charge < -0.3 is 10.2 Å². The Morgan fingerprint density at radius 3 is 2.70 bits per heavy atom. The van der Waals surface area contributed by atoms with Gasteiger partial charge in [-0.05, 0) is 56.2 Å². The summed E-state index contributed by atoms with van der Waals surface area (Å²) in [6.07, 6.45) is 6.68. The van der Waals surface area contributed by atoms with Crippen molar-refractivity contribution in [1.29, 1.82) is 0 Å². The van der Waals surface area contributed by atoms with Gasteiger partial charge in [-0.25, -0.2) is 13.8 Å². The number of hydrogen-bond donors (Lipinski definition) is 1. The van der Waals surface area contributed by atoms with E-state index in [0.29, 0.717) is 12.0 Å². The van der Waals surface area contributed by atoms with E-state index in [9.17, 15) is 9.18 Å². The Kier molecular flexibility index (Phi) is 6.79. The van der Waals surface area contributed by atoms with Crippen LogP contribution in [0, 0.1) is 5.82 Å². The average molecular weight is 473 g/mol. The lowest BCUT2D eigenvalue weighted by molar-refractivity contribution is 0.0322. The van der Waals surface area contributed by atoms with E-state index >= 15 is 4.39 Å². The van der Waals surface area contributed by atoms with E-state index in [1.54, 1.807) is 11.1 Å². The highest BCUT2D eigenvalue weighted by atomic mass is 35.5. The summed E-state index contributed by atoms with van der Waals surface area (Å²) in [4.78, 5) is 23.6. The number of aromatic nitrogens is 1. The van der Waals surface area contributed by atoms with Crippen LogP contribution in [0.25, 0.3) is 0 Å². The van der Waals surface area contributed by atoms with Gasteiger partial charge >= 0.3 is 0 Å². The number of anilines is 1. The summed E-state index contributed by atoms with van der Waals surface area (Å²) >= 11 is 5.81. The number of likely N-dealkylation sites (tertiary alicyclic amines) is 1. The minimum Gasteiger partial charge on any atom is -0.370 e. The third-order valence-electron chi connectivity index (χ3n) is 6.21. The van der Waals surface area contributed by atoms with Crippen LogP contribution in [-0.2, 0) is 6.42 Å². The summed E-state index contributed by atoms with van der Waals surface area (Å²) in [5.74, 6) is -0.0497. The molecule has 1 N–H and O–H groups in total. The number of halogens is 3. The second-order valence-electron chi connectivity index (χ2n) is 8.71. The number of hydrogen-bond acceptors (Lipinski definition) is 4. The van der Waals surface area contributed by atoms with E-state index in [1.807, 2.05) is 37.3 Å². The van der Waals surface area contributed by atoms with Crippen molar-refractivity contribution in [2.75, 3.05) is 25.0 Å². The van der Waals surface area contributed by atoms with Crippen molar-refractivity contribution in [2.45, 2.75) is 43.8 Å². The Morgan fingerprint density at radius 1 is 1.24 bits per heavy atom. The van der Waals surface area contributed by atoms with E-state index in [2.05, 4.69) is 15.3 Å². The third-order valence-corrected chi connectivity index (χ3v) is 6.50. The van der Waals surface area contributed by atoms with Crippen molar-refractivity contribution >= 4 is 29.5 Å². The monoisotopic (exact) mass is 472 g/mol. The fourth-order valence-electron chi connectivity index (χ4n) is 4.55. The van der Waals surface area contributed by atoms with Crippen LogP contribution in [0.2, 0.25) is 5.02 Å². The van der Waals surface area contributed by atoms with E-state index in [-0.39, 0.29) is 43.3 Å². The maximum atomic E-state index is 16.0. The summed E-state index contributed by atoms with van der Waals surface area (Å²) in [5.41, 5.74) is -0.994. The lowest BCUT2D eigenvalue weighted by Crippen LogP contribution is -2.48. The topological polar surface area (TPSA) is 57.6 Å². The maximum Gasteiger partial charge on any atom is 0.253 e. The summed E-state index contributed by atoms with van der Waals surface area (Å²) in [5, 5.41) is 3.10. The van der Waals surface area contributed by atoms with Crippen LogP contribution in [0.15, 0.2) is 53.5 Å². The molecule has 1 unspecified atom stereocenters. The van der Waals surface area contributed by atoms with Crippen molar-refractivity contribution in [2.24, 2.45) is 4.99 Å². The van der Waals surface area contributed by atoms with Crippen LogP contribution in [0.3, 0.4) is 0 Å². The van der Waals surface area contributed by atoms with Gasteiger partial charge in [-0.15, -0.1) is 0 Å². The smallest absolute Gasteiger partial charge is 0.253 e. The molecule has 2 aromatic rings. The Balaban J connectivity index is 1.43. The highest BCUT2D eigenvalue weighted by Crippen LogP contribution is 2.39. The van der Waals surface area contributed by atoms with Crippen molar-refractivity contribution < 1.29 is 13.6 Å². The number of carbonyl (C=O) groups is 1. The molecule has 0 saturated carbocycles. The molecule has 0 spiro atoms. The molecule has 2 aliphatic rings. The van der Waals surface area contributed by atoms with E-state index in [4.69, 9.17) is 11.6 Å². The van der Waals surface area contributed by atoms with E-state index in [1.165, 1.54) is 18.2 Å². The normalized spacial score (nSPS) is 21.4. The lowest BCUT2D eigenvalue weighted by Gasteiger charge is -2.40. The molecule has 1 atom stereocenters. The van der Waals surface area contributed by atoms with Gasteiger partial charge in [0.25, 0.3) is 5.91 Å². The van der Waals surface area contributed by atoms with Gasteiger partial charge in [-0.1, -0.05) is 23.7 Å². The van der Waals surface area contributed by atoms with Crippen LogP contribution in [0.1, 0.15) is 42.2 Å². The van der Waals surface area contributed by atoms with Crippen LogP contribution in [0.5, 0.6) is 0 Å². The number of rotatable bonds is 7. The molecule has 5 nitrogen and oxygen atoms in total. The molecule has 1 saturated heterocycles. The molecule has 1 fully saturated rings. The second-order valence-corrected chi connectivity index (χ2v) is 9.12. The predicted molar refractivity (Wildman–Crippen MR) is 127 cm³/mol. The maximum absolute atomic E-state index is 16.0. The van der Waals surface area contributed by atoms with Crippen molar-refractivity contribution in [3.63, 3.8) is 0 Å². The highest BCUT2D eigenvalue weighted by molar-refractivity contribution is 6.31. The number of pyridine rings is 1. The Morgan fingerprint density at radius 2 is 2.03 bits per heavy atom. The van der Waals surface area contributed by atoms with E-state index in [0.717, 1.165) is 18.1 Å². The Hall–Kier alpha value is -2.80. The summed E-state index contributed by atoms with van der Waals surface area (Å²) < 4.78 is 29.4. The minimum absolute atomic E-state index is 0.0997. The van der Waals surface area contributed by atoms with Gasteiger partial charge in [-0.3, -0.25) is 9.79 Å². The molecule has 174 valence electrons. The number of nitrogens with one attached hydrogen (secondary N) is 1. The fraction of sp³-hybridized carbons (Fsp3) is 0.400. The molecule has 3 heterocycles. The van der Waals surface area contributed by atoms with Crippen LogP contribution >= 0.6 is 11.6 Å². The first-order valence-electron chi connectivity index (χ1n) is 11.2. The van der Waals surface area contributed by atoms with Gasteiger partial charge in [0.1, 0.15) is 17.3 Å². The molecule has 0 bridgehead atoms. The second kappa shape index (κ2) is 9.59. The van der Waals surface area contributed by atoms with Gasteiger partial charge in [0.2, 0.25) is 0 Å². The third kappa shape index (κ3) is 5.41. The molecule has 0 aliphatic carbocycles. The number of piperidine rings is 1. The van der Waals surface area contributed by atoms with Crippen molar-refractivity contribution in [3.8, 4) is 0 Å². The highest BCUT2D eigenvalue weighted by Gasteiger charge is 2.44. The summed E-state index contributed by atoms with van der Waals surface area (Å²) in [7, 11) is 0. The van der Waals surface area contributed by atoms with Crippen LogP contribution in [0.4, 0.5) is 14.6 Å². The number of carbonyl (C=O) groups excluding carboxylic acids is 1. The van der Waals surface area contributed by atoms with Crippen LogP contribution < -0.4 is 5.32 Å². The van der Waals surface area contributed by atoms with Crippen LogP contribution in [-0.4, -0.2) is 52.8 Å². The quantitative estimate of drug-likeness (QED) is 0.597. The number of nitrogens with zero attached hydrogens (tertiary/aromatic N) is 3. The SMILES string of the molecule is CCNc1cccc(CC2(CC3(F)CCN(C(=O)c4ccc(F)c(Cl)c4)CC3)C=CC=N2)n1. The summed E-state index contributed by atoms with van der Waals surface area (Å²) in [6, 6.07) is 9.68. The Bertz CT molecular complexity index is 1070. The Labute approximate surface area is 197 Å². The number of alkyl halides is 1. The first-order chi connectivity index (χ1) is 15.8. The standard InChI is InChI=1S/C25H27ClF2N4O/c1-2-29-22-6-3-5-19(31-22)16-25(9-4-12-30-25)17-24(28)10-13-32(14-11-24)23(33)18-7-8-21(27)20(26)15-18/h3-9,12,15H,2,10-11,13-14,16-17H2,1H3,(H,29,31). The zero-order valence-corrected chi connectivity index (χ0v) is 19.3. The molecule has 0 radical (unpaired) electrons. The largest absolute Gasteiger partial charge is 0.370 e. The molecule has 33 heavy (non-hydrogen) atoms. The summed E-state index contributed by atoms with van der Waals surface area (Å²) in [6.45, 7) is 3.34. The van der Waals surface area contributed by atoms with Crippen molar-refractivity contribution in [1.82, 2.24) is 9.88 Å². The van der Waals surface area contributed by atoms with E-state index < -0.39 is 17.0 Å². The van der Waals surface area contributed by atoms with Gasteiger partial charge in [0.05, 0.1) is 10.6 Å². The average Bonchev–Trinajstić information content (AvgIpc) is 3.23. The van der Waals surface area contributed by atoms with Gasteiger partial charge in [0.15, 0.2) is 0 Å². The molecule has 1 aromatic heterocycles. The molecular weight excluding hydrogens is 446 g/mol. The van der Waals surface area contributed by atoms with Crippen molar-refractivity contribution in [3.05, 3.63) is 70.6 Å². The molecular formula is C25H27ClF2N4O. The molecule has 1 amide bonds. The molecule has 2 aliphatic heterocycles. The van der Waals surface area contributed by atoms with Gasteiger partial charge in [-0.2, -0.15) is 0 Å². The molecule has 4 rings (SSSR count). The first kappa shape index (κ1) is 23.4. The zero-order chi connectivity index (χ0) is 23.5. The number of benzene rings is 1. The van der Waals surface area contributed by atoms with Gasteiger partial charge in [0, 0.05) is 49.9 Å². The fourth-order valence-corrected chi connectivity index (χ4v) is 4.73.